The van der Waals surface area contributed by atoms with E-state index in [9.17, 15) is 4.79 Å². The summed E-state index contributed by atoms with van der Waals surface area (Å²) in [5.41, 5.74) is 4.52. The van der Waals surface area contributed by atoms with Crippen molar-refractivity contribution in [2.24, 2.45) is 0 Å². The zero-order valence-electron chi connectivity index (χ0n) is 15.3. The van der Waals surface area contributed by atoms with E-state index < -0.39 is 0 Å². The molecule has 28 heavy (non-hydrogen) atoms. The molecule has 1 atom stereocenters. The predicted octanol–water partition coefficient (Wildman–Crippen LogP) is 2.28. The molecule has 1 aliphatic heterocycles. The standard InChI is InChI=1S/C19H19N7OS/c1-25-3-2-15(10-25)24-19(27)17-4-12(11-28-17)16-8-23-26-9-14(5-20-18(16)26)13-6-21-22-7-13/h4-9,11,15H,2-3,10H2,1H3,(H,21,22)(H,24,27). The Labute approximate surface area is 165 Å². The number of aromatic amines is 1. The number of H-pyrrole nitrogens is 1. The lowest BCUT2D eigenvalue weighted by Crippen LogP contribution is -2.36. The molecule has 0 aliphatic carbocycles. The molecular formula is C19H19N7OS. The fourth-order valence-corrected chi connectivity index (χ4v) is 4.35. The van der Waals surface area contributed by atoms with Crippen LogP contribution in [0.25, 0.3) is 27.9 Å². The Hall–Kier alpha value is -3.04. The first kappa shape index (κ1) is 17.1. The molecule has 9 heteroatoms. The normalized spacial score (nSPS) is 17.4. The number of likely N-dealkylation sites (tertiary alicyclic amines) is 1. The Kier molecular flexibility index (Phi) is 4.18. The van der Waals surface area contributed by atoms with E-state index in [1.165, 1.54) is 11.3 Å². The first-order valence-corrected chi connectivity index (χ1v) is 9.96. The molecule has 8 nitrogen and oxygen atoms in total. The second-order valence-electron chi connectivity index (χ2n) is 7.08. The predicted molar refractivity (Wildman–Crippen MR) is 107 cm³/mol. The van der Waals surface area contributed by atoms with Gasteiger partial charge in [-0.15, -0.1) is 11.3 Å². The van der Waals surface area contributed by atoms with E-state index in [1.807, 2.05) is 30.0 Å². The van der Waals surface area contributed by atoms with E-state index in [1.54, 1.807) is 16.9 Å². The minimum atomic E-state index is -0.0109. The number of hydrogen-bond acceptors (Lipinski definition) is 6. The summed E-state index contributed by atoms with van der Waals surface area (Å²) in [6.07, 6.45) is 10.1. The second kappa shape index (κ2) is 6.84. The SMILES string of the molecule is CN1CCC(NC(=O)c2cc(-c3cnn4cc(-c5cn[nH]c5)cnc34)cs2)C1. The van der Waals surface area contributed by atoms with Crippen molar-refractivity contribution in [1.82, 2.24) is 35.0 Å². The average molecular weight is 393 g/mol. The van der Waals surface area contributed by atoms with Gasteiger partial charge in [0, 0.05) is 47.9 Å². The third-order valence-electron chi connectivity index (χ3n) is 5.05. The van der Waals surface area contributed by atoms with Crippen LogP contribution in [0.15, 0.2) is 42.4 Å². The van der Waals surface area contributed by atoms with Crippen LogP contribution in [0, 0.1) is 0 Å². The molecule has 1 amide bonds. The van der Waals surface area contributed by atoms with Crippen LogP contribution in [0.4, 0.5) is 0 Å². The third kappa shape index (κ3) is 3.08. The molecule has 0 bridgehead atoms. The molecule has 1 fully saturated rings. The fraction of sp³-hybridized carbons (Fsp3) is 0.263. The lowest BCUT2D eigenvalue weighted by molar-refractivity contribution is 0.0942. The molecule has 1 unspecified atom stereocenters. The van der Waals surface area contributed by atoms with Gasteiger partial charge >= 0.3 is 0 Å². The molecule has 0 saturated carbocycles. The number of nitrogens with zero attached hydrogens (tertiary/aromatic N) is 5. The summed E-state index contributed by atoms with van der Waals surface area (Å²) < 4.78 is 1.75. The zero-order chi connectivity index (χ0) is 19.1. The highest BCUT2D eigenvalue weighted by molar-refractivity contribution is 7.12. The zero-order valence-corrected chi connectivity index (χ0v) is 16.1. The molecule has 4 aromatic rings. The smallest absolute Gasteiger partial charge is 0.261 e. The number of aromatic nitrogens is 5. The fourth-order valence-electron chi connectivity index (χ4n) is 3.54. The van der Waals surface area contributed by atoms with Crippen molar-refractivity contribution < 1.29 is 4.79 Å². The second-order valence-corrected chi connectivity index (χ2v) is 7.99. The maximum absolute atomic E-state index is 12.6. The van der Waals surface area contributed by atoms with Crippen molar-refractivity contribution in [1.29, 1.82) is 0 Å². The van der Waals surface area contributed by atoms with Gasteiger partial charge in [-0.05, 0) is 37.0 Å². The van der Waals surface area contributed by atoms with Crippen LogP contribution in [0.2, 0.25) is 0 Å². The highest BCUT2D eigenvalue weighted by Gasteiger charge is 2.22. The first-order valence-electron chi connectivity index (χ1n) is 9.08. The highest BCUT2D eigenvalue weighted by atomic mass is 32.1. The number of carbonyl (C=O) groups is 1. The van der Waals surface area contributed by atoms with Crippen molar-refractivity contribution in [3.63, 3.8) is 0 Å². The van der Waals surface area contributed by atoms with Gasteiger partial charge in [0.2, 0.25) is 0 Å². The summed E-state index contributed by atoms with van der Waals surface area (Å²) in [5, 5.41) is 16.3. The van der Waals surface area contributed by atoms with Crippen LogP contribution in [0.1, 0.15) is 16.1 Å². The maximum atomic E-state index is 12.6. The Morgan fingerprint density at radius 2 is 2.21 bits per heavy atom. The topological polar surface area (TPSA) is 91.2 Å². The Balaban J connectivity index is 1.39. The minimum Gasteiger partial charge on any atom is -0.347 e. The van der Waals surface area contributed by atoms with Crippen molar-refractivity contribution in [2.75, 3.05) is 20.1 Å². The van der Waals surface area contributed by atoms with Gasteiger partial charge in [0.25, 0.3) is 5.91 Å². The molecule has 5 rings (SSSR count). The van der Waals surface area contributed by atoms with E-state index in [0.29, 0.717) is 4.88 Å². The highest BCUT2D eigenvalue weighted by Crippen LogP contribution is 2.29. The summed E-state index contributed by atoms with van der Waals surface area (Å²) in [4.78, 5) is 20.1. The molecule has 0 aromatic carbocycles. The summed E-state index contributed by atoms with van der Waals surface area (Å²) >= 11 is 1.45. The van der Waals surface area contributed by atoms with Crippen LogP contribution in [0.5, 0.6) is 0 Å². The van der Waals surface area contributed by atoms with E-state index in [4.69, 9.17) is 0 Å². The number of carbonyl (C=O) groups excluding carboxylic acids is 1. The van der Waals surface area contributed by atoms with E-state index in [-0.39, 0.29) is 11.9 Å². The molecular weight excluding hydrogens is 374 g/mol. The summed E-state index contributed by atoms with van der Waals surface area (Å²) in [6.45, 7) is 1.93. The van der Waals surface area contributed by atoms with E-state index in [0.717, 1.165) is 47.4 Å². The van der Waals surface area contributed by atoms with Gasteiger partial charge in [-0.1, -0.05) is 0 Å². The van der Waals surface area contributed by atoms with Crippen molar-refractivity contribution in [2.45, 2.75) is 12.5 Å². The minimum absolute atomic E-state index is 0.0109. The summed E-state index contributed by atoms with van der Waals surface area (Å²) in [6, 6.07) is 2.14. The summed E-state index contributed by atoms with van der Waals surface area (Å²) in [7, 11) is 2.07. The molecule has 1 saturated heterocycles. The third-order valence-corrected chi connectivity index (χ3v) is 5.98. The molecule has 1 aliphatic rings. The van der Waals surface area contributed by atoms with Crippen LogP contribution >= 0.6 is 11.3 Å². The molecule has 0 spiro atoms. The van der Waals surface area contributed by atoms with Gasteiger partial charge in [0.15, 0.2) is 5.65 Å². The van der Waals surface area contributed by atoms with Gasteiger partial charge in [-0.25, -0.2) is 9.50 Å². The lowest BCUT2D eigenvalue weighted by atomic mass is 10.1. The number of hydrogen-bond donors (Lipinski definition) is 2. The van der Waals surface area contributed by atoms with Gasteiger partial charge in [-0.3, -0.25) is 9.89 Å². The lowest BCUT2D eigenvalue weighted by Gasteiger charge is -2.11. The van der Waals surface area contributed by atoms with E-state index >= 15 is 0 Å². The van der Waals surface area contributed by atoms with Crippen molar-refractivity contribution in [3.05, 3.63) is 47.3 Å². The van der Waals surface area contributed by atoms with Crippen LogP contribution in [0.3, 0.4) is 0 Å². The number of likely N-dealkylation sites (N-methyl/N-ethyl adjacent to an activating group) is 1. The maximum Gasteiger partial charge on any atom is 0.261 e. The van der Waals surface area contributed by atoms with Gasteiger partial charge in [-0.2, -0.15) is 10.2 Å². The number of rotatable bonds is 4. The monoisotopic (exact) mass is 393 g/mol. The van der Waals surface area contributed by atoms with Crippen molar-refractivity contribution in [3.8, 4) is 22.3 Å². The van der Waals surface area contributed by atoms with Crippen LogP contribution in [-0.2, 0) is 0 Å². The Bertz CT molecular complexity index is 1130. The number of fused-ring (bicyclic) bond motifs is 1. The largest absolute Gasteiger partial charge is 0.347 e. The first-order chi connectivity index (χ1) is 13.7. The van der Waals surface area contributed by atoms with Crippen LogP contribution < -0.4 is 5.32 Å². The Morgan fingerprint density at radius 1 is 1.29 bits per heavy atom. The Morgan fingerprint density at radius 3 is 3.00 bits per heavy atom. The number of thiophene rings is 1. The van der Waals surface area contributed by atoms with E-state index in [2.05, 4.69) is 37.5 Å². The molecule has 142 valence electrons. The number of nitrogens with one attached hydrogen (secondary N) is 2. The van der Waals surface area contributed by atoms with Gasteiger partial charge in [0.05, 0.1) is 17.3 Å². The molecule has 2 N–H and O–H groups in total. The van der Waals surface area contributed by atoms with Crippen molar-refractivity contribution >= 4 is 22.9 Å². The average Bonchev–Trinajstić information content (AvgIpc) is 3.47. The molecule has 0 radical (unpaired) electrons. The van der Waals surface area contributed by atoms with Crippen LogP contribution in [-0.4, -0.2) is 61.8 Å². The summed E-state index contributed by atoms with van der Waals surface area (Å²) in [5.74, 6) is -0.0109. The van der Waals surface area contributed by atoms with Gasteiger partial charge < -0.3 is 10.2 Å². The van der Waals surface area contributed by atoms with Gasteiger partial charge in [0.1, 0.15) is 0 Å². The number of amides is 1. The molecule has 4 aromatic heterocycles. The quantitative estimate of drug-likeness (QED) is 0.555. The molecule has 5 heterocycles.